The summed E-state index contributed by atoms with van der Waals surface area (Å²) in [5.41, 5.74) is 1.61. The van der Waals surface area contributed by atoms with Gasteiger partial charge in [0.1, 0.15) is 5.75 Å². The maximum absolute atomic E-state index is 13.9. The normalized spacial score (nSPS) is 20.2. The molecule has 0 spiro atoms. The molecular weight excluding hydrogens is 540 g/mol. The van der Waals surface area contributed by atoms with Gasteiger partial charge in [-0.2, -0.15) is 0 Å². The Morgan fingerprint density at radius 2 is 1.71 bits per heavy atom. The highest BCUT2D eigenvalue weighted by atomic mass is 32.2. The van der Waals surface area contributed by atoms with Crippen molar-refractivity contribution in [3.63, 3.8) is 0 Å². The molecule has 0 saturated heterocycles. The minimum absolute atomic E-state index is 0.0331. The zero-order valence-corrected chi connectivity index (χ0v) is 24.6. The third kappa shape index (κ3) is 7.15. The SMILES string of the molecule is CCCC[C@]1(CC)CS(=O)(=O)c2cc(OCC(=O)N[C@@H](C(=O)OC)c3ccccc3)ccc2[C@@H](c2ccccc2)N1. The van der Waals surface area contributed by atoms with Crippen molar-refractivity contribution < 1.29 is 27.5 Å². The fourth-order valence-electron chi connectivity index (χ4n) is 5.32. The summed E-state index contributed by atoms with van der Waals surface area (Å²) in [6.45, 7) is 3.72. The van der Waals surface area contributed by atoms with Crippen LogP contribution in [-0.2, 0) is 24.2 Å². The van der Waals surface area contributed by atoms with E-state index in [1.54, 1.807) is 42.5 Å². The maximum Gasteiger partial charge on any atom is 0.333 e. The number of sulfone groups is 1. The monoisotopic (exact) mass is 578 g/mol. The molecular formula is C32H38N2O6S. The number of rotatable bonds is 11. The lowest BCUT2D eigenvalue weighted by molar-refractivity contribution is -0.145. The van der Waals surface area contributed by atoms with Crippen LogP contribution in [0.15, 0.2) is 83.8 Å². The van der Waals surface area contributed by atoms with Gasteiger partial charge in [0.2, 0.25) is 0 Å². The molecule has 4 rings (SSSR count). The van der Waals surface area contributed by atoms with Crippen molar-refractivity contribution in [3.8, 4) is 5.75 Å². The molecule has 1 aliphatic heterocycles. The van der Waals surface area contributed by atoms with E-state index in [4.69, 9.17) is 9.47 Å². The van der Waals surface area contributed by atoms with Crippen LogP contribution in [-0.4, -0.2) is 45.3 Å². The van der Waals surface area contributed by atoms with Crippen molar-refractivity contribution in [1.29, 1.82) is 0 Å². The minimum atomic E-state index is -3.70. The smallest absolute Gasteiger partial charge is 0.333 e. The Balaban J connectivity index is 1.61. The molecule has 8 nitrogen and oxygen atoms in total. The summed E-state index contributed by atoms with van der Waals surface area (Å²) in [4.78, 5) is 25.3. The van der Waals surface area contributed by atoms with Crippen LogP contribution >= 0.6 is 0 Å². The second kappa shape index (κ2) is 13.3. The van der Waals surface area contributed by atoms with Gasteiger partial charge >= 0.3 is 5.97 Å². The molecule has 3 aromatic rings. The van der Waals surface area contributed by atoms with E-state index in [9.17, 15) is 18.0 Å². The van der Waals surface area contributed by atoms with Gasteiger partial charge in [-0.05, 0) is 41.7 Å². The molecule has 0 unspecified atom stereocenters. The van der Waals surface area contributed by atoms with Crippen molar-refractivity contribution in [2.75, 3.05) is 19.5 Å². The first-order valence-electron chi connectivity index (χ1n) is 14.0. The number of hydrogen-bond donors (Lipinski definition) is 2. The number of hydrogen-bond acceptors (Lipinski definition) is 7. The number of fused-ring (bicyclic) bond motifs is 1. The molecule has 0 radical (unpaired) electrons. The first-order chi connectivity index (χ1) is 19.7. The second-order valence-corrected chi connectivity index (χ2v) is 12.4. The lowest BCUT2D eigenvalue weighted by atomic mass is 9.88. The van der Waals surface area contributed by atoms with Crippen LogP contribution in [0.3, 0.4) is 0 Å². The Labute approximate surface area is 242 Å². The third-order valence-electron chi connectivity index (χ3n) is 7.61. The van der Waals surface area contributed by atoms with E-state index >= 15 is 0 Å². The Kier molecular flexibility index (Phi) is 9.83. The van der Waals surface area contributed by atoms with Gasteiger partial charge < -0.3 is 14.8 Å². The summed E-state index contributed by atoms with van der Waals surface area (Å²) in [6, 6.07) is 22.2. The topological polar surface area (TPSA) is 111 Å². The van der Waals surface area contributed by atoms with Crippen LogP contribution in [0, 0.1) is 0 Å². The highest BCUT2D eigenvalue weighted by Gasteiger charge is 2.42. The number of amides is 1. The van der Waals surface area contributed by atoms with Crippen LogP contribution in [0.2, 0.25) is 0 Å². The van der Waals surface area contributed by atoms with Crippen molar-refractivity contribution in [2.45, 2.75) is 62.0 Å². The molecule has 2 N–H and O–H groups in total. The van der Waals surface area contributed by atoms with Crippen molar-refractivity contribution >= 4 is 21.7 Å². The summed E-state index contributed by atoms with van der Waals surface area (Å²) in [5.74, 6) is -0.937. The van der Waals surface area contributed by atoms with Crippen LogP contribution in [0.1, 0.15) is 68.3 Å². The highest BCUT2D eigenvalue weighted by Crippen LogP contribution is 2.39. The number of esters is 1. The lowest BCUT2D eigenvalue weighted by Crippen LogP contribution is -2.50. The summed E-state index contributed by atoms with van der Waals surface area (Å²) >= 11 is 0. The minimum Gasteiger partial charge on any atom is -0.484 e. The summed E-state index contributed by atoms with van der Waals surface area (Å²) in [7, 11) is -2.45. The predicted octanol–water partition coefficient (Wildman–Crippen LogP) is 4.90. The van der Waals surface area contributed by atoms with E-state index in [0.29, 0.717) is 17.5 Å². The summed E-state index contributed by atoms with van der Waals surface area (Å²) in [5, 5.41) is 6.38. The van der Waals surface area contributed by atoms with Gasteiger partial charge in [0, 0.05) is 5.54 Å². The number of benzene rings is 3. The zero-order valence-electron chi connectivity index (χ0n) is 23.8. The van der Waals surface area contributed by atoms with E-state index in [1.165, 1.54) is 13.2 Å². The van der Waals surface area contributed by atoms with Gasteiger partial charge in [0.05, 0.1) is 23.8 Å². The molecule has 41 heavy (non-hydrogen) atoms. The van der Waals surface area contributed by atoms with E-state index in [-0.39, 0.29) is 22.4 Å². The van der Waals surface area contributed by atoms with Crippen molar-refractivity contribution in [1.82, 2.24) is 10.6 Å². The van der Waals surface area contributed by atoms with Gasteiger partial charge in [-0.25, -0.2) is 13.2 Å². The number of carbonyl (C=O) groups excluding carboxylic acids is 2. The predicted molar refractivity (Wildman–Crippen MR) is 157 cm³/mol. The quantitative estimate of drug-likeness (QED) is 0.311. The van der Waals surface area contributed by atoms with Gasteiger partial charge in [-0.15, -0.1) is 0 Å². The molecule has 9 heteroatoms. The number of methoxy groups -OCH3 is 1. The molecule has 0 saturated carbocycles. The molecule has 0 aromatic heterocycles. The summed E-state index contributed by atoms with van der Waals surface area (Å²) < 4.78 is 38.4. The Bertz CT molecular complexity index is 1450. The molecule has 1 amide bonds. The second-order valence-electron chi connectivity index (χ2n) is 10.4. The van der Waals surface area contributed by atoms with Gasteiger partial charge in [0.15, 0.2) is 22.5 Å². The average Bonchev–Trinajstić information content (AvgIpc) is 3.10. The molecule has 0 bridgehead atoms. The Morgan fingerprint density at radius 3 is 2.34 bits per heavy atom. The van der Waals surface area contributed by atoms with Crippen LogP contribution in [0.25, 0.3) is 0 Å². The van der Waals surface area contributed by atoms with Crippen LogP contribution in [0.5, 0.6) is 5.75 Å². The molecule has 3 aromatic carbocycles. The molecule has 1 heterocycles. The lowest BCUT2D eigenvalue weighted by Gasteiger charge is -2.35. The molecule has 0 fully saturated rings. The van der Waals surface area contributed by atoms with Crippen LogP contribution < -0.4 is 15.4 Å². The Hall–Kier alpha value is -3.69. The number of unbranched alkanes of at least 4 members (excludes halogenated alkanes) is 1. The molecule has 0 aliphatic carbocycles. The largest absolute Gasteiger partial charge is 0.484 e. The van der Waals surface area contributed by atoms with Crippen LogP contribution in [0.4, 0.5) is 0 Å². The van der Waals surface area contributed by atoms with E-state index in [1.807, 2.05) is 37.3 Å². The van der Waals surface area contributed by atoms with Crippen molar-refractivity contribution in [3.05, 3.63) is 95.6 Å². The summed E-state index contributed by atoms with van der Waals surface area (Å²) in [6.07, 6.45) is 3.28. The number of nitrogens with one attached hydrogen (secondary N) is 2. The van der Waals surface area contributed by atoms with Crippen molar-refractivity contribution in [2.24, 2.45) is 0 Å². The van der Waals surface area contributed by atoms with E-state index < -0.39 is 39.9 Å². The van der Waals surface area contributed by atoms with Gasteiger partial charge in [0.25, 0.3) is 5.91 Å². The first kappa shape index (κ1) is 30.3. The maximum atomic E-state index is 13.9. The molecule has 1 aliphatic rings. The average molecular weight is 579 g/mol. The molecule has 3 atom stereocenters. The fourth-order valence-corrected chi connectivity index (χ4v) is 7.48. The fraction of sp³-hybridized carbons (Fsp3) is 0.375. The third-order valence-corrected chi connectivity index (χ3v) is 9.57. The highest BCUT2D eigenvalue weighted by molar-refractivity contribution is 7.91. The number of carbonyl (C=O) groups is 2. The first-order valence-corrected chi connectivity index (χ1v) is 15.6. The van der Waals surface area contributed by atoms with Gasteiger partial charge in [-0.3, -0.25) is 10.1 Å². The molecule has 218 valence electrons. The Morgan fingerprint density at radius 1 is 1.02 bits per heavy atom. The van der Waals surface area contributed by atoms with E-state index in [0.717, 1.165) is 24.8 Å². The van der Waals surface area contributed by atoms with E-state index in [2.05, 4.69) is 17.6 Å². The zero-order chi connectivity index (χ0) is 29.5. The van der Waals surface area contributed by atoms with Gasteiger partial charge in [-0.1, -0.05) is 93.4 Å². The standard InChI is InChI=1S/C32H38N2O6S/c1-4-6-19-32(5-2)22-41(37,38)27-20-25(17-18-26(27)29(34-32)23-13-9-7-10-14-23)40-21-28(35)33-30(31(36)39-3)24-15-11-8-12-16-24/h7-18,20,29-30,34H,4-6,19,21-22H2,1-3H3,(H,33,35)/t29-,30-,32-/m1/s1. The number of ether oxygens (including phenoxy) is 2.